The van der Waals surface area contributed by atoms with Crippen molar-refractivity contribution in [3.63, 3.8) is 0 Å². The van der Waals surface area contributed by atoms with Crippen molar-refractivity contribution in [2.24, 2.45) is 0 Å². The fraction of sp³-hybridized carbons (Fsp3) is 0.364. The van der Waals surface area contributed by atoms with Crippen LogP contribution < -0.4 is 4.90 Å². The first kappa shape index (κ1) is 13.3. The molecular formula is C11H12F3NO2. The van der Waals surface area contributed by atoms with Crippen LogP contribution in [0, 0.1) is 6.92 Å². The summed E-state index contributed by atoms with van der Waals surface area (Å²) in [5.41, 5.74) is 0.553. The molecule has 0 unspecified atom stereocenters. The number of hydrogen-bond donors (Lipinski definition) is 1. The lowest BCUT2D eigenvalue weighted by Crippen LogP contribution is -2.41. The molecule has 0 spiro atoms. The van der Waals surface area contributed by atoms with Gasteiger partial charge in [0.1, 0.15) is 5.75 Å². The molecule has 0 fully saturated rings. The van der Waals surface area contributed by atoms with E-state index in [9.17, 15) is 23.1 Å². The van der Waals surface area contributed by atoms with Gasteiger partial charge >= 0.3 is 12.1 Å². The number of phenols is 1. The molecule has 1 N–H and O–H groups in total. The lowest BCUT2D eigenvalue weighted by atomic mass is 10.1. The van der Waals surface area contributed by atoms with Crippen LogP contribution in [-0.4, -0.2) is 23.7 Å². The highest BCUT2D eigenvalue weighted by Crippen LogP contribution is 2.28. The minimum absolute atomic E-state index is 0.0647. The molecule has 1 aromatic rings. The molecule has 0 saturated heterocycles. The third-order valence-electron chi connectivity index (χ3n) is 2.29. The van der Waals surface area contributed by atoms with Gasteiger partial charge in [-0.25, -0.2) is 0 Å². The number of carbonyl (C=O) groups is 1. The monoisotopic (exact) mass is 247 g/mol. The number of nitrogens with zero attached hydrogens (tertiary/aromatic N) is 1. The van der Waals surface area contributed by atoms with Crippen LogP contribution in [0.2, 0.25) is 0 Å². The van der Waals surface area contributed by atoms with Crippen LogP contribution >= 0.6 is 0 Å². The number of hydrogen-bond acceptors (Lipinski definition) is 2. The minimum Gasteiger partial charge on any atom is -0.508 e. The van der Waals surface area contributed by atoms with Crippen molar-refractivity contribution in [2.45, 2.75) is 20.0 Å². The highest BCUT2D eigenvalue weighted by molar-refractivity contribution is 5.98. The summed E-state index contributed by atoms with van der Waals surface area (Å²) in [5, 5.41) is 9.25. The van der Waals surface area contributed by atoms with Gasteiger partial charge in [-0.05, 0) is 25.5 Å². The molecule has 0 heterocycles. The number of alkyl halides is 3. The van der Waals surface area contributed by atoms with E-state index in [1.54, 1.807) is 6.92 Å². The van der Waals surface area contributed by atoms with E-state index in [2.05, 4.69) is 0 Å². The summed E-state index contributed by atoms with van der Waals surface area (Å²) in [5.74, 6) is -2.12. The second kappa shape index (κ2) is 4.65. The Balaban J connectivity index is 3.18. The quantitative estimate of drug-likeness (QED) is 0.872. The van der Waals surface area contributed by atoms with Gasteiger partial charge in [-0.1, -0.05) is 6.07 Å². The molecule has 3 nitrogen and oxygen atoms in total. The molecule has 94 valence electrons. The Bertz CT molecular complexity index is 429. The van der Waals surface area contributed by atoms with Crippen molar-refractivity contribution >= 4 is 11.6 Å². The van der Waals surface area contributed by atoms with Gasteiger partial charge in [0.15, 0.2) is 0 Å². The second-order valence-electron chi connectivity index (χ2n) is 3.52. The number of aryl methyl sites for hydroxylation is 1. The summed E-state index contributed by atoms with van der Waals surface area (Å²) in [6.45, 7) is 2.89. The van der Waals surface area contributed by atoms with E-state index in [4.69, 9.17) is 0 Å². The number of anilines is 1. The van der Waals surface area contributed by atoms with E-state index in [-0.39, 0.29) is 18.0 Å². The first-order valence-corrected chi connectivity index (χ1v) is 4.95. The largest absolute Gasteiger partial charge is 0.508 e. The number of halogens is 3. The van der Waals surface area contributed by atoms with Gasteiger partial charge in [-0.3, -0.25) is 4.79 Å². The fourth-order valence-corrected chi connectivity index (χ4v) is 1.46. The van der Waals surface area contributed by atoms with Gasteiger partial charge in [0.25, 0.3) is 0 Å². The highest BCUT2D eigenvalue weighted by Gasteiger charge is 2.42. The summed E-state index contributed by atoms with van der Waals surface area (Å²) < 4.78 is 37.1. The van der Waals surface area contributed by atoms with Crippen LogP contribution in [0.1, 0.15) is 12.5 Å². The summed E-state index contributed by atoms with van der Waals surface area (Å²) >= 11 is 0. The number of benzene rings is 1. The van der Waals surface area contributed by atoms with Gasteiger partial charge in [0.05, 0.1) is 5.69 Å². The average molecular weight is 247 g/mol. The zero-order chi connectivity index (χ0) is 13.2. The molecule has 1 rings (SSSR count). The third-order valence-corrected chi connectivity index (χ3v) is 2.29. The van der Waals surface area contributed by atoms with Gasteiger partial charge in [-0.2, -0.15) is 13.2 Å². The van der Waals surface area contributed by atoms with Crippen LogP contribution in [0.3, 0.4) is 0 Å². The van der Waals surface area contributed by atoms with Crippen molar-refractivity contribution in [3.8, 4) is 5.75 Å². The predicted molar refractivity (Wildman–Crippen MR) is 56.9 cm³/mol. The van der Waals surface area contributed by atoms with E-state index in [0.29, 0.717) is 10.5 Å². The molecule has 0 saturated carbocycles. The predicted octanol–water partition coefficient (Wildman–Crippen LogP) is 2.62. The summed E-state index contributed by atoms with van der Waals surface area (Å²) in [6.07, 6.45) is -4.92. The standard InChI is InChI=1S/C11H12F3NO2/c1-3-15(10(17)11(12,13)14)9-6-8(16)5-4-7(9)2/h4-6,16H,3H2,1-2H3. The molecule has 0 aliphatic carbocycles. The molecular weight excluding hydrogens is 235 g/mol. The van der Waals surface area contributed by atoms with Gasteiger partial charge in [0.2, 0.25) is 0 Å². The Morgan fingerprint density at radius 2 is 2.00 bits per heavy atom. The van der Waals surface area contributed by atoms with E-state index in [1.807, 2.05) is 0 Å². The minimum atomic E-state index is -4.92. The number of aromatic hydroxyl groups is 1. The first-order chi connectivity index (χ1) is 7.77. The molecule has 17 heavy (non-hydrogen) atoms. The molecule has 0 bridgehead atoms. The van der Waals surface area contributed by atoms with E-state index in [1.165, 1.54) is 19.1 Å². The summed E-state index contributed by atoms with van der Waals surface area (Å²) in [6, 6.07) is 3.95. The molecule has 1 aromatic carbocycles. The lowest BCUT2D eigenvalue weighted by Gasteiger charge is -2.24. The van der Waals surface area contributed by atoms with Crippen LogP contribution in [-0.2, 0) is 4.79 Å². The molecule has 0 atom stereocenters. The molecule has 0 aromatic heterocycles. The van der Waals surface area contributed by atoms with E-state index in [0.717, 1.165) is 6.07 Å². The maximum Gasteiger partial charge on any atom is 0.471 e. The number of phenolic OH excluding ortho intramolecular Hbond substituents is 1. The molecule has 6 heteroatoms. The van der Waals surface area contributed by atoms with E-state index < -0.39 is 12.1 Å². The lowest BCUT2D eigenvalue weighted by molar-refractivity contribution is -0.170. The SMILES string of the molecule is CCN(C(=O)C(F)(F)F)c1cc(O)ccc1C. The van der Waals surface area contributed by atoms with Crippen molar-refractivity contribution in [1.82, 2.24) is 0 Å². The van der Waals surface area contributed by atoms with E-state index >= 15 is 0 Å². The van der Waals surface area contributed by atoms with Crippen molar-refractivity contribution < 1.29 is 23.1 Å². The smallest absolute Gasteiger partial charge is 0.471 e. The molecule has 0 aliphatic heterocycles. The Labute approximate surface area is 96.5 Å². The van der Waals surface area contributed by atoms with Gasteiger partial charge in [0, 0.05) is 12.6 Å². The summed E-state index contributed by atoms with van der Waals surface area (Å²) in [4.78, 5) is 11.8. The number of rotatable bonds is 2. The third kappa shape index (κ3) is 2.89. The first-order valence-electron chi connectivity index (χ1n) is 4.95. The molecule has 0 radical (unpaired) electrons. The Morgan fingerprint density at radius 1 is 1.41 bits per heavy atom. The Hall–Kier alpha value is -1.72. The van der Waals surface area contributed by atoms with Crippen LogP contribution in [0.4, 0.5) is 18.9 Å². The van der Waals surface area contributed by atoms with Crippen molar-refractivity contribution in [2.75, 3.05) is 11.4 Å². The number of amides is 1. The maximum absolute atomic E-state index is 12.4. The highest BCUT2D eigenvalue weighted by atomic mass is 19.4. The number of carbonyl (C=O) groups excluding carboxylic acids is 1. The average Bonchev–Trinajstić information content (AvgIpc) is 2.22. The fourth-order valence-electron chi connectivity index (χ4n) is 1.46. The molecule has 1 amide bonds. The van der Waals surface area contributed by atoms with Crippen LogP contribution in [0.5, 0.6) is 5.75 Å². The van der Waals surface area contributed by atoms with Gasteiger partial charge < -0.3 is 10.0 Å². The maximum atomic E-state index is 12.4. The zero-order valence-electron chi connectivity index (χ0n) is 9.38. The van der Waals surface area contributed by atoms with Crippen LogP contribution in [0.25, 0.3) is 0 Å². The van der Waals surface area contributed by atoms with Crippen LogP contribution in [0.15, 0.2) is 18.2 Å². The summed E-state index contributed by atoms with van der Waals surface area (Å²) in [7, 11) is 0. The second-order valence-corrected chi connectivity index (χ2v) is 3.52. The van der Waals surface area contributed by atoms with Gasteiger partial charge in [-0.15, -0.1) is 0 Å². The van der Waals surface area contributed by atoms with Crippen molar-refractivity contribution in [1.29, 1.82) is 0 Å². The Morgan fingerprint density at radius 3 is 2.47 bits per heavy atom. The molecule has 0 aliphatic rings. The van der Waals surface area contributed by atoms with Crippen molar-refractivity contribution in [3.05, 3.63) is 23.8 Å². The normalized spacial score (nSPS) is 11.4. The zero-order valence-corrected chi connectivity index (χ0v) is 9.38. The topological polar surface area (TPSA) is 40.5 Å². The Kier molecular flexibility index (Phi) is 3.65.